The summed E-state index contributed by atoms with van der Waals surface area (Å²) in [6.07, 6.45) is -3.57. The lowest BCUT2D eigenvalue weighted by molar-refractivity contribution is -0.0549. The normalized spacial score (nSPS) is 29.4. The first-order valence-electron chi connectivity index (χ1n) is 5.78. The first kappa shape index (κ1) is 14.5. The highest BCUT2D eigenvalue weighted by Crippen LogP contribution is 2.28. The molecule has 0 spiro atoms. The fraction of sp³-hybridized carbons (Fsp3) is 0.600. The van der Waals surface area contributed by atoms with Gasteiger partial charge in [0.25, 0.3) is 0 Å². The van der Waals surface area contributed by atoms with E-state index >= 15 is 0 Å². The topological polar surface area (TPSA) is 137 Å². The molecule has 0 aromatic carbocycles. The zero-order chi connectivity index (χ0) is 14.9. The van der Waals surface area contributed by atoms with Gasteiger partial charge in [-0.3, -0.25) is 4.57 Å². The molecule has 10 nitrogen and oxygen atoms in total. The molecule has 1 fully saturated rings. The van der Waals surface area contributed by atoms with Crippen LogP contribution < -0.4 is 10.7 Å². The predicted octanol–water partition coefficient (Wildman–Crippen LogP) is -2.03. The molecule has 0 bridgehead atoms. The first-order valence-corrected chi connectivity index (χ1v) is 5.78. The van der Waals surface area contributed by atoms with E-state index in [1.54, 1.807) is 0 Å². The van der Waals surface area contributed by atoms with Crippen LogP contribution in [0, 0.1) is 4.91 Å². The number of ether oxygens (including phenoxy) is 1. The number of rotatable bonds is 4. The largest absolute Gasteiger partial charge is 0.394 e. The maximum absolute atomic E-state index is 11.8. The Morgan fingerprint density at radius 1 is 1.50 bits per heavy atom. The van der Waals surface area contributed by atoms with E-state index in [-0.39, 0.29) is 5.82 Å². The summed E-state index contributed by atoms with van der Waals surface area (Å²) < 4.78 is 6.17. The summed E-state index contributed by atoms with van der Waals surface area (Å²) in [7, 11) is 1.32. The minimum absolute atomic E-state index is 0.0352. The van der Waals surface area contributed by atoms with Gasteiger partial charge in [0, 0.05) is 13.2 Å². The average molecular weight is 286 g/mol. The maximum Gasteiger partial charge on any atom is 0.351 e. The molecule has 4 atom stereocenters. The van der Waals surface area contributed by atoms with Crippen LogP contribution in [0.15, 0.2) is 22.3 Å². The van der Waals surface area contributed by atoms with Crippen LogP contribution in [0.4, 0.5) is 5.82 Å². The highest BCUT2D eigenvalue weighted by molar-refractivity contribution is 5.33. The Bertz CT molecular complexity index is 549. The smallest absolute Gasteiger partial charge is 0.351 e. The van der Waals surface area contributed by atoms with E-state index in [1.165, 1.54) is 19.3 Å². The lowest BCUT2D eigenvalue weighted by Gasteiger charge is -2.17. The Balaban J connectivity index is 2.30. The van der Waals surface area contributed by atoms with Crippen molar-refractivity contribution < 1.29 is 20.1 Å². The number of nitroso groups, excluding NO2 is 1. The molecule has 1 saturated heterocycles. The second kappa shape index (κ2) is 5.63. The van der Waals surface area contributed by atoms with Crippen LogP contribution in [0.5, 0.6) is 0 Å². The number of hydrogen-bond acceptors (Lipinski definition) is 8. The van der Waals surface area contributed by atoms with Gasteiger partial charge in [-0.1, -0.05) is 0 Å². The van der Waals surface area contributed by atoms with Crippen LogP contribution >= 0.6 is 0 Å². The van der Waals surface area contributed by atoms with Gasteiger partial charge in [0.1, 0.15) is 18.3 Å². The van der Waals surface area contributed by atoms with Gasteiger partial charge >= 0.3 is 5.69 Å². The summed E-state index contributed by atoms with van der Waals surface area (Å²) in [6, 6.07) is 1.33. The first-order chi connectivity index (χ1) is 9.49. The molecule has 1 aliphatic heterocycles. The van der Waals surface area contributed by atoms with Gasteiger partial charge < -0.3 is 20.1 Å². The summed E-state index contributed by atoms with van der Waals surface area (Å²) in [5, 5.41) is 31.9. The van der Waals surface area contributed by atoms with Gasteiger partial charge in [0.2, 0.25) is 0 Å². The lowest BCUT2D eigenvalue weighted by atomic mass is 10.1. The molecule has 110 valence electrons. The molecule has 20 heavy (non-hydrogen) atoms. The SMILES string of the molecule is CN(N=O)c1ccn([C@@H]2O[C@H](CO)[C@@H](O)[C@H]2O)c(=O)n1. The van der Waals surface area contributed by atoms with Gasteiger partial charge in [-0.05, 0) is 6.07 Å². The highest BCUT2D eigenvalue weighted by Gasteiger charge is 2.43. The number of aliphatic hydroxyl groups excluding tert-OH is 3. The minimum atomic E-state index is -1.38. The molecule has 0 unspecified atom stereocenters. The lowest BCUT2D eigenvalue weighted by Crippen LogP contribution is -2.36. The Morgan fingerprint density at radius 2 is 2.20 bits per heavy atom. The van der Waals surface area contributed by atoms with E-state index in [2.05, 4.69) is 10.3 Å². The molecule has 3 N–H and O–H groups in total. The number of hydrogen-bond donors (Lipinski definition) is 3. The molecule has 0 aliphatic carbocycles. The van der Waals surface area contributed by atoms with Crippen molar-refractivity contribution in [1.29, 1.82) is 0 Å². The summed E-state index contributed by atoms with van der Waals surface area (Å²) in [5.74, 6) is 0.0352. The third-order valence-electron chi connectivity index (χ3n) is 3.06. The minimum Gasteiger partial charge on any atom is -0.394 e. The van der Waals surface area contributed by atoms with Crippen molar-refractivity contribution in [3.8, 4) is 0 Å². The monoisotopic (exact) mass is 286 g/mol. The molecule has 0 saturated carbocycles. The summed E-state index contributed by atoms with van der Waals surface area (Å²) in [5.41, 5.74) is -0.784. The van der Waals surface area contributed by atoms with Crippen molar-refractivity contribution in [3.05, 3.63) is 27.7 Å². The van der Waals surface area contributed by atoms with Crippen molar-refractivity contribution >= 4 is 5.82 Å². The fourth-order valence-electron chi connectivity index (χ4n) is 1.93. The van der Waals surface area contributed by atoms with Crippen molar-refractivity contribution in [2.75, 3.05) is 18.7 Å². The quantitative estimate of drug-likeness (QED) is 0.425. The van der Waals surface area contributed by atoms with Crippen molar-refractivity contribution in [2.24, 2.45) is 5.29 Å². The molecule has 1 aliphatic rings. The fourth-order valence-corrected chi connectivity index (χ4v) is 1.93. The van der Waals surface area contributed by atoms with Crippen LogP contribution in [-0.4, -0.2) is 56.8 Å². The predicted molar refractivity (Wildman–Crippen MR) is 65.7 cm³/mol. The Morgan fingerprint density at radius 3 is 2.70 bits per heavy atom. The maximum atomic E-state index is 11.8. The van der Waals surface area contributed by atoms with Gasteiger partial charge in [-0.15, -0.1) is 4.91 Å². The van der Waals surface area contributed by atoms with Crippen LogP contribution in [0.25, 0.3) is 0 Å². The molecule has 2 rings (SSSR count). The Kier molecular flexibility index (Phi) is 4.09. The van der Waals surface area contributed by atoms with Crippen LogP contribution in [0.1, 0.15) is 6.23 Å². The number of aliphatic hydroxyl groups is 3. The molecule has 2 heterocycles. The molecule has 10 heteroatoms. The average Bonchev–Trinajstić information content (AvgIpc) is 2.74. The van der Waals surface area contributed by atoms with Gasteiger partial charge in [-0.25, -0.2) is 9.80 Å². The number of nitrogens with zero attached hydrogens (tertiary/aromatic N) is 4. The van der Waals surface area contributed by atoms with E-state index in [0.717, 1.165) is 9.58 Å². The molecular formula is C10H14N4O6. The Labute approximate surface area is 112 Å². The van der Waals surface area contributed by atoms with E-state index in [1.807, 2.05) is 0 Å². The van der Waals surface area contributed by atoms with E-state index < -0.39 is 36.8 Å². The summed E-state index contributed by atoms with van der Waals surface area (Å²) in [4.78, 5) is 25.8. The van der Waals surface area contributed by atoms with Crippen LogP contribution in [0.2, 0.25) is 0 Å². The Hall–Kier alpha value is -1.88. The van der Waals surface area contributed by atoms with Crippen molar-refractivity contribution in [3.63, 3.8) is 0 Å². The molecule has 1 aromatic heterocycles. The summed E-state index contributed by atoms with van der Waals surface area (Å²) in [6.45, 7) is -0.493. The van der Waals surface area contributed by atoms with Gasteiger partial charge in [-0.2, -0.15) is 4.98 Å². The zero-order valence-corrected chi connectivity index (χ0v) is 10.5. The molecular weight excluding hydrogens is 272 g/mol. The molecule has 1 aromatic rings. The van der Waals surface area contributed by atoms with E-state index in [0.29, 0.717) is 0 Å². The number of aromatic nitrogens is 2. The highest BCUT2D eigenvalue weighted by atomic mass is 16.6. The molecule has 0 radical (unpaired) electrons. The second-order valence-electron chi connectivity index (χ2n) is 4.31. The van der Waals surface area contributed by atoms with E-state index in [9.17, 15) is 19.9 Å². The van der Waals surface area contributed by atoms with Crippen molar-refractivity contribution in [2.45, 2.75) is 24.5 Å². The summed E-state index contributed by atoms with van der Waals surface area (Å²) >= 11 is 0. The zero-order valence-electron chi connectivity index (χ0n) is 10.5. The van der Waals surface area contributed by atoms with Crippen molar-refractivity contribution in [1.82, 2.24) is 9.55 Å². The van der Waals surface area contributed by atoms with Gasteiger partial charge in [0.05, 0.1) is 11.9 Å². The van der Waals surface area contributed by atoms with Crippen LogP contribution in [0.3, 0.4) is 0 Å². The molecule has 0 amide bonds. The second-order valence-corrected chi connectivity index (χ2v) is 4.31. The van der Waals surface area contributed by atoms with E-state index in [4.69, 9.17) is 9.84 Å². The standard InChI is InChI=1S/C10H14N4O6/c1-13(12-19)6-2-3-14(10(18)11-6)9-8(17)7(16)5(4-15)20-9/h2-3,5,7-9,15-17H,4H2,1H3/t5-,7-,8-,9-/m1/s1. The van der Waals surface area contributed by atoms with Crippen LogP contribution in [-0.2, 0) is 4.74 Å². The van der Waals surface area contributed by atoms with Gasteiger partial charge in [0.15, 0.2) is 12.0 Å². The third-order valence-corrected chi connectivity index (χ3v) is 3.06. The third kappa shape index (κ3) is 2.41. The number of anilines is 1.